The molecule has 0 radical (unpaired) electrons. The molecule has 0 aliphatic carbocycles. The van der Waals surface area contributed by atoms with Gasteiger partial charge in [0.1, 0.15) is 5.75 Å². The van der Waals surface area contributed by atoms with Gasteiger partial charge in [0.25, 0.3) is 0 Å². The zero-order valence-corrected chi connectivity index (χ0v) is 13.1. The van der Waals surface area contributed by atoms with Crippen LogP contribution >= 0.6 is 15.9 Å². The van der Waals surface area contributed by atoms with E-state index in [-0.39, 0.29) is 0 Å². The van der Waals surface area contributed by atoms with Crippen LogP contribution in [0, 0.1) is 0 Å². The molecular weight excluding hydrogens is 314 g/mol. The predicted octanol–water partition coefficient (Wildman–Crippen LogP) is 4.40. The number of ether oxygens (including phenoxy) is 1. The van der Waals surface area contributed by atoms with Gasteiger partial charge in [-0.15, -0.1) is 0 Å². The van der Waals surface area contributed by atoms with E-state index in [4.69, 9.17) is 4.74 Å². The third kappa shape index (κ3) is 5.76. The molecule has 2 aromatic carbocycles. The highest BCUT2D eigenvalue weighted by atomic mass is 79.9. The molecule has 0 bridgehead atoms. The summed E-state index contributed by atoms with van der Waals surface area (Å²) in [6, 6.07) is 18.4. The van der Waals surface area contributed by atoms with Crippen LogP contribution in [0.3, 0.4) is 0 Å². The number of hydrogen-bond donors (Lipinski definition) is 1. The first-order chi connectivity index (χ1) is 9.84. The van der Waals surface area contributed by atoms with Crippen molar-refractivity contribution in [3.63, 3.8) is 0 Å². The number of unbranched alkanes of at least 4 members (excludes halogenated alkanes) is 1. The fourth-order valence-electron chi connectivity index (χ4n) is 1.93. The summed E-state index contributed by atoms with van der Waals surface area (Å²) in [7, 11) is 0. The quantitative estimate of drug-likeness (QED) is 0.723. The van der Waals surface area contributed by atoms with Gasteiger partial charge in [0, 0.05) is 11.0 Å². The maximum atomic E-state index is 5.69. The largest absolute Gasteiger partial charge is 0.494 e. The van der Waals surface area contributed by atoms with Crippen molar-refractivity contribution in [1.82, 2.24) is 5.32 Å². The Bertz CT molecular complexity index is 501. The van der Waals surface area contributed by atoms with Crippen LogP contribution in [-0.2, 0) is 6.54 Å². The average molecular weight is 334 g/mol. The van der Waals surface area contributed by atoms with E-state index >= 15 is 0 Å². The maximum absolute atomic E-state index is 5.69. The van der Waals surface area contributed by atoms with Crippen LogP contribution in [-0.4, -0.2) is 13.2 Å². The van der Waals surface area contributed by atoms with Crippen molar-refractivity contribution in [2.75, 3.05) is 13.2 Å². The van der Waals surface area contributed by atoms with Crippen LogP contribution in [0.5, 0.6) is 5.75 Å². The summed E-state index contributed by atoms with van der Waals surface area (Å²) in [5.41, 5.74) is 1.33. The van der Waals surface area contributed by atoms with Crippen molar-refractivity contribution in [2.45, 2.75) is 19.4 Å². The Morgan fingerprint density at radius 3 is 2.60 bits per heavy atom. The monoisotopic (exact) mass is 333 g/mol. The maximum Gasteiger partial charge on any atom is 0.120 e. The molecule has 0 aromatic heterocycles. The van der Waals surface area contributed by atoms with E-state index in [1.54, 1.807) is 0 Å². The first-order valence-electron chi connectivity index (χ1n) is 6.97. The Hall–Kier alpha value is -1.32. The summed E-state index contributed by atoms with van der Waals surface area (Å²) < 4.78 is 6.75. The third-order valence-electron chi connectivity index (χ3n) is 2.98. The van der Waals surface area contributed by atoms with Gasteiger partial charge in [-0.3, -0.25) is 0 Å². The Morgan fingerprint density at radius 1 is 0.950 bits per heavy atom. The van der Waals surface area contributed by atoms with Crippen LogP contribution in [0.2, 0.25) is 0 Å². The summed E-state index contributed by atoms with van der Waals surface area (Å²) >= 11 is 3.44. The molecule has 20 heavy (non-hydrogen) atoms. The zero-order valence-electron chi connectivity index (χ0n) is 11.5. The van der Waals surface area contributed by atoms with Crippen LogP contribution < -0.4 is 10.1 Å². The summed E-state index contributed by atoms with van der Waals surface area (Å²) in [6.45, 7) is 2.73. The second-order valence-corrected chi connectivity index (χ2v) is 5.59. The van der Waals surface area contributed by atoms with Gasteiger partial charge >= 0.3 is 0 Å². The fourth-order valence-corrected chi connectivity index (χ4v) is 2.31. The molecule has 0 heterocycles. The van der Waals surface area contributed by atoms with Crippen molar-refractivity contribution in [1.29, 1.82) is 0 Å². The lowest BCUT2D eigenvalue weighted by Gasteiger charge is -2.07. The molecule has 0 aliphatic rings. The molecule has 0 amide bonds. The van der Waals surface area contributed by atoms with Gasteiger partial charge in [0.15, 0.2) is 0 Å². The number of hydrogen-bond acceptors (Lipinski definition) is 2. The Balaban J connectivity index is 1.52. The van der Waals surface area contributed by atoms with E-state index < -0.39 is 0 Å². The van der Waals surface area contributed by atoms with Gasteiger partial charge in [0.2, 0.25) is 0 Å². The lowest BCUT2D eigenvalue weighted by atomic mass is 10.2. The van der Waals surface area contributed by atoms with Gasteiger partial charge < -0.3 is 10.1 Å². The molecule has 1 N–H and O–H groups in total. The standard InChI is InChI=1S/C17H20BrNO/c18-16-9-6-10-17(13-16)20-12-5-4-11-19-14-15-7-2-1-3-8-15/h1-3,6-10,13,19H,4-5,11-12,14H2. The lowest BCUT2D eigenvalue weighted by molar-refractivity contribution is 0.305. The molecule has 106 valence electrons. The molecule has 0 fully saturated rings. The zero-order chi connectivity index (χ0) is 14.0. The third-order valence-corrected chi connectivity index (χ3v) is 3.48. The highest BCUT2D eigenvalue weighted by Gasteiger charge is 1.95. The molecule has 0 saturated carbocycles. The van der Waals surface area contributed by atoms with Gasteiger partial charge in [-0.25, -0.2) is 0 Å². The van der Waals surface area contributed by atoms with E-state index in [2.05, 4.69) is 45.5 Å². The van der Waals surface area contributed by atoms with Crippen molar-refractivity contribution in [3.8, 4) is 5.75 Å². The molecule has 2 nitrogen and oxygen atoms in total. The first kappa shape index (κ1) is 15.1. The molecule has 0 saturated heterocycles. The second kappa shape index (κ2) is 8.77. The molecule has 0 aliphatic heterocycles. The highest BCUT2D eigenvalue weighted by molar-refractivity contribution is 9.10. The van der Waals surface area contributed by atoms with Crippen LogP contribution in [0.25, 0.3) is 0 Å². The predicted molar refractivity (Wildman–Crippen MR) is 87.0 cm³/mol. The van der Waals surface area contributed by atoms with Crippen LogP contribution in [0.4, 0.5) is 0 Å². The van der Waals surface area contributed by atoms with Gasteiger partial charge in [0.05, 0.1) is 6.61 Å². The van der Waals surface area contributed by atoms with Crippen molar-refractivity contribution < 1.29 is 4.74 Å². The van der Waals surface area contributed by atoms with Crippen molar-refractivity contribution >= 4 is 15.9 Å². The molecule has 2 rings (SSSR count). The summed E-state index contributed by atoms with van der Waals surface area (Å²) in [4.78, 5) is 0. The molecule has 0 unspecified atom stereocenters. The molecule has 3 heteroatoms. The summed E-state index contributed by atoms with van der Waals surface area (Å²) in [5, 5.41) is 3.45. The lowest BCUT2D eigenvalue weighted by Crippen LogP contribution is -2.15. The van der Waals surface area contributed by atoms with E-state index in [9.17, 15) is 0 Å². The Labute approximate surface area is 129 Å². The normalized spacial score (nSPS) is 10.4. The topological polar surface area (TPSA) is 21.3 Å². The van der Waals surface area contributed by atoms with Crippen LogP contribution in [0.15, 0.2) is 59.1 Å². The highest BCUT2D eigenvalue weighted by Crippen LogP contribution is 2.17. The fraction of sp³-hybridized carbons (Fsp3) is 0.294. The van der Waals surface area contributed by atoms with E-state index in [1.165, 1.54) is 5.56 Å². The average Bonchev–Trinajstić information content (AvgIpc) is 2.47. The minimum atomic E-state index is 0.767. The van der Waals surface area contributed by atoms with Gasteiger partial charge in [-0.2, -0.15) is 0 Å². The molecule has 0 spiro atoms. The van der Waals surface area contributed by atoms with E-state index in [0.29, 0.717) is 0 Å². The molecule has 0 atom stereocenters. The first-order valence-corrected chi connectivity index (χ1v) is 7.77. The number of nitrogens with one attached hydrogen (secondary N) is 1. The molecular formula is C17H20BrNO. The minimum absolute atomic E-state index is 0.767. The van der Waals surface area contributed by atoms with Gasteiger partial charge in [-0.1, -0.05) is 52.3 Å². The SMILES string of the molecule is Brc1cccc(OCCCCNCc2ccccc2)c1. The van der Waals surface area contributed by atoms with Crippen molar-refractivity contribution in [3.05, 3.63) is 64.6 Å². The van der Waals surface area contributed by atoms with E-state index in [1.807, 2.05) is 30.3 Å². The van der Waals surface area contributed by atoms with Gasteiger partial charge in [-0.05, 0) is 43.1 Å². The number of rotatable bonds is 8. The number of halogens is 1. The summed E-state index contributed by atoms with van der Waals surface area (Å²) in [5.74, 6) is 0.927. The Kier molecular flexibility index (Phi) is 6.61. The van der Waals surface area contributed by atoms with E-state index in [0.717, 1.165) is 42.8 Å². The smallest absolute Gasteiger partial charge is 0.120 e. The van der Waals surface area contributed by atoms with Crippen LogP contribution in [0.1, 0.15) is 18.4 Å². The molecule has 2 aromatic rings. The number of benzene rings is 2. The summed E-state index contributed by atoms with van der Waals surface area (Å²) in [6.07, 6.45) is 2.19. The minimum Gasteiger partial charge on any atom is -0.494 e. The Morgan fingerprint density at radius 2 is 1.80 bits per heavy atom. The second-order valence-electron chi connectivity index (χ2n) is 4.68. The van der Waals surface area contributed by atoms with Crippen molar-refractivity contribution in [2.24, 2.45) is 0 Å².